The summed E-state index contributed by atoms with van der Waals surface area (Å²) in [5, 5.41) is -0.294. The molecule has 2 aliphatic rings. The highest BCUT2D eigenvalue weighted by Crippen LogP contribution is 2.40. The van der Waals surface area contributed by atoms with Gasteiger partial charge in [-0.05, 0) is 43.9 Å². The highest BCUT2D eigenvalue weighted by molar-refractivity contribution is 7.91. The first-order valence-corrected chi connectivity index (χ1v) is 9.47. The van der Waals surface area contributed by atoms with Crippen molar-refractivity contribution in [2.24, 2.45) is 17.6 Å². The Morgan fingerprint density at radius 2 is 1.70 bits per heavy atom. The van der Waals surface area contributed by atoms with Crippen LogP contribution < -0.4 is 5.73 Å². The van der Waals surface area contributed by atoms with Crippen molar-refractivity contribution in [3.05, 3.63) is 0 Å². The maximum Gasteiger partial charge on any atom is 0.248 e. The second-order valence-electron chi connectivity index (χ2n) is 6.65. The van der Waals surface area contributed by atoms with Gasteiger partial charge in [-0.3, -0.25) is 0 Å². The lowest BCUT2D eigenvalue weighted by molar-refractivity contribution is -0.0508. The molecule has 0 aromatic carbocycles. The predicted octanol–water partition coefficient (Wildman–Crippen LogP) is 2.74. The van der Waals surface area contributed by atoms with Gasteiger partial charge in [-0.25, -0.2) is 17.2 Å². The Bertz CT molecular complexity index is 428. The van der Waals surface area contributed by atoms with Gasteiger partial charge in [0.25, 0.3) is 0 Å². The Balaban J connectivity index is 1.94. The quantitative estimate of drug-likeness (QED) is 0.872. The fourth-order valence-corrected chi connectivity index (χ4v) is 4.94. The van der Waals surface area contributed by atoms with Crippen LogP contribution in [0.1, 0.15) is 51.4 Å². The predicted molar refractivity (Wildman–Crippen MR) is 75.5 cm³/mol. The summed E-state index contributed by atoms with van der Waals surface area (Å²) in [4.78, 5) is 0. The molecule has 0 radical (unpaired) electrons. The molecule has 0 saturated heterocycles. The first kappa shape index (κ1) is 16.1. The van der Waals surface area contributed by atoms with E-state index in [1.54, 1.807) is 0 Å². The number of alkyl halides is 2. The fraction of sp³-hybridized carbons (Fsp3) is 1.00. The van der Waals surface area contributed by atoms with Crippen LogP contribution in [0.3, 0.4) is 0 Å². The number of nitrogens with two attached hydrogens (primary N) is 1. The molecule has 0 aliphatic heterocycles. The Hall–Kier alpha value is -0.230. The second kappa shape index (κ2) is 5.87. The van der Waals surface area contributed by atoms with Gasteiger partial charge in [0.2, 0.25) is 5.92 Å². The summed E-state index contributed by atoms with van der Waals surface area (Å²) in [6.45, 7) is 0. The van der Waals surface area contributed by atoms with Crippen LogP contribution in [0, 0.1) is 11.8 Å². The van der Waals surface area contributed by atoms with E-state index in [-0.39, 0.29) is 36.0 Å². The van der Waals surface area contributed by atoms with Crippen molar-refractivity contribution in [1.29, 1.82) is 0 Å². The van der Waals surface area contributed by atoms with E-state index in [9.17, 15) is 17.2 Å². The zero-order valence-electron chi connectivity index (χ0n) is 12.0. The molecule has 3 atom stereocenters. The van der Waals surface area contributed by atoms with Crippen LogP contribution in [0.25, 0.3) is 0 Å². The summed E-state index contributed by atoms with van der Waals surface area (Å²) in [5.74, 6) is -2.24. The third-order valence-corrected chi connectivity index (χ3v) is 6.76. The lowest BCUT2D eigenvalue weighted by Gasteiger charge is -2.38. The largest absolute Gasteiger partial charge is 0.327 e. The van der Waals surface area contributed by atoms with Crippen LogP contribution in [-0.4, -0.2) is 31.9 Å². The smallest absolute Gasteiger partial charge is 0.248 e. The standard InChI is InChI=1S/C14H25F2NO2S/c1-20(18,19)12-4-2-3-11(9-12)13(17)10-5-7-14(15,16)8-6-10/h10-13H,2-9,17H2,1H3. The van der Waals surface area contributed by atoms with Gasteiger partial charge >= 0.3 is 0 Å². The molecule has 3 unspecified atom stereocenters. The van der Waals surface area contributed by atoms with E-state index >= 15 is 0 Å². The Labute approximate surface area is 120 Å². The second-order valence-corrected chi connectivity index (χ2v) is 8.97. The molecule has 0 amide bonds. The first-order valence-electron chi connectivity index (χ1n) is 7.51. The molecule has 0 spiro atoms. The number of hydrogen-bond donors (Lipinski definition) is 1. The van der Waals surface area contributed by atoms with Crippen molar-refractivity contribution in [3.8, 4) is 0 Å². The molecule has 0 aromatic heterocycles. The van der Waals surface area contributed by atoms with E-state index in [4.69, 9.17) is 5.73 Å². The Kier molecular flexibility index (Phi) is 4.74. The summed E-state index contributed by atoms with van der Waals surface area (Å²) in [7, 11) is -3.02. The van der Waals surface area contributed by atoms with Gasteiger partial charge in [0.15, 0.2) is 0 Å². The minimum Gasteiger partial charge on any atom is -0.327 e. The maximum atomic E-state index is 13.2. The highest BCUT2D eigenvalue weighted by atomic mass is 32.2. The molecule has 0 heterocycles. The lowest BCUT2D eigenvalue weighted by Crippen LogP contribution is -2.44. The molecule has 0 aromatic rings. The summed E-state index contributed by atoms with van der Waals surface area (Å²) in [5.41, 5.74) is 6.28. The molecule has 3 nitrogen and oxygen atoms in total. The van der Waals surface area contributed by atoms with Crippen molar-refractivity contribution in [2.45, 2.75) is 68.6 Å². The first-order chi connectivity index (χ1) is 9.19. The molecule has 0 bridgehead atoms. The fourth-order valence-electron chi connectivity index (χ4n) is 3.75. The average Bonchev–Trinajstić information content (AvgIpc) is 2.37. The van der Waals surface area contributed by atoms with Crippen LogP contribution in [0.4, 0.5) is 8.78 Å². The van der Waals surface area contributed by atoms with Crippen molar-refractivity contribution in [1.82, 2.24) is 0 Å². The molecule has 2 saturated carbocycles. The van der Waals surface area contributed by atoms with Crippen LogP contribution >= 0.6 is 0 Å². The zero-order valence-corrected chi connectivity index (χ0v) is 12.8. The van der Waals surface area contributed by atoms with Gasteiger partial charge in [-0.15, -0.1) is 0 Å². The van der Waals surface area contributed by atoms with Crippen LogP contribution in [-0.2, 0) is 9.84 Å². The van der Waals surface area contributed by atoms with E-state index in [0.717, 1.165) is 12.8 Å². The van der Waals surface area contributed by atoms with Crippen molar-refractivity contribution >= 4 is 9.84 Å². The normalized spacial score (nSPS) is 33.8. The number of hydrogen-bond acceptors (Lipinski definition) is 3. The minimum absolute atomic E-state index is 0.0758. The van der Waals surface area contributed by atoms with Crippen LogP contribution in [0.2, 0.25) is 0 Å². The Morgan fingerprint density at radius 1 is 1.10 bits per heavy atom. The molecule has 2 aliphatic carbocycles. The van der Waals surface area contributed by atoms with E-state index in [1.807, 2.05) is 0 Å². The van der Waals surface area contributed by atoms with E-state index < -0.39 is 15.8 Å². The lowest BCUT2D eigenvalue weighted by atomic mass is 9.73. The molecule has 2 fully saturated rings. The summed E-state index contributed by atoms with van der Waals surface area (Å²) in [6.07, 6.45) is 5.19. The monoisotopic (exact) mass is 309 g/mol. The summed E-state index contributed by atoms with van der Waals surface area (Å²) in [6, 6.07) is -0.129. The molecular formula is C14H25F2NO2S. The van der Waals surface area contributed by atoms with Gasteiger partial charge < -0.3 is 5.73 Å². The van der Waals surface area contributed by atoms with Gasteiger partial charge in [0.05, 0.1) is 5.25 Å². The van der Waals surface area contributed by atoms with Gasteiger partial charge in [0, 0.05) is 25.1 Å². The van der Waals surface area contributed by atoms with E-state index in [0.29, 0.717) is 25.7 Å². The summed E-state index contributed by atoms with van der Waals surface area (Å²) >= 11 is 0. The van der Waals surface area contributed by atoms with Crippen LogP contribution in [0.5, 0.6) is 0 Å². The SMILES string of the molecule is CS(=O)(=O)C1CCCC(C(N)C2CCC(F)(F)CC2)C1. The molecule has 20 heavy (non-hydrogen) atoms. The van der Waals surface area contributed by atoms with E-state index in [1.165, 1.54) is 6.26 Å². The van der Waals surface area contributed by atoms with Crippen LogP contribution in [0.15, 0.2) is 0 Å². The molecular weight excluding hydrogens is 284 g/mol. The molecule has 118 valence electrons. The number of halogens is 2. The molecule has 2 N–H and O–H groups in total. The van der Waals surface area contributed by atoms with Crippen molar-refractivity contribution in [2.75, 3.05) is 6.26 Å². The van der Waals surface area contributed by atoms with E-state index in [2.05, 4.69) is 0 Å². The topological polar surface area (TPSA) is 60.2 Å². The Morgan fingerprint density at radius 3 is 2.25 bits per heavy atom. The maximum absolute atomic E-state index is 13.2. The van der Waals surface area contributed by atoms with Gasteiger partial charge in [0.1, 0.15) is 9.84 Å². The van der Waals surface area contributed by atoms with Gasteiger partial charge in [-0.1, -0.05) is 6.42 Å². The molecule has 2 rings (SSSR count). The number of rotatable bonds is 3. The third kappa shape index (κ3) is 3.91. The number of sulfone groups is 1. The van der Waals surface area contributed by atoms with Crippen molar-refractivity contribution < 1.29 is 17.2 Å². The average molecular weight is 309 g/mol. The molecule has 6 heteroatoms. The summed E-state index contributed by atoms with van der Waals surface area (Å²) < 4.78 is 49.7. The van der Waals surface area contributed by atoms with Gasteiger partial charge in [-0.2, -0.15) is 0 Å². The minimum atomic E-state index is -3.02. The highest BCUT2D eigenvalue weighted by Gasteiger charge is 2.40. The third-order valence-electron chi connectivity index (χ3n) is 5.12. The zero-order chi connectivity index (χ0) is 15.0. The van der Waals surface area contributed by atoms with Crippen molar-refractivity contribution in [3.63, 3.8) is 0 Å².